The quantitative estimate of drug-likeness (QED) is 0.544. The fourth-order valence-electron chi connectivity index (χ4n) is 2.39. The summed E-state index contributed by atoms with van der Waals surface area (Å²) in [6.07, 6.45) is 0. The average molecular weight is 357 g/mol. The molecule has 0 amide bonds. The second-order valence-corrected chi connectivity index (χ2v) is 7.38. The SMILES string of the molecule is CC[N+](C)(C)CC(C(=O)c1ccc(OCC(=O)O)cc1Cl)C(C)C. The molecule has 1 rings (SSSR count). The molecule has 0 aliphatic rings. The smallest absolute Gasteiger partial charge is 0.341 e. The van der Waals surface area contributed by atoms with Crippen molar-refractivity contribution in [2.45, 2.75) is 20.8 Å². The molecule has 1 N–H and O–H groups in total. The number of carboxylic acid groups (broad SMARTS) is 1. The van der Waals surface area contributed by atoms with Crippen LogP contribution in [-0.2, 0) is 4.79 Å². The molecule has 1 aromatic rings. The van der Waals surface area contributed by atoms with Gasteiger partial charge in [0.25, 0.3) is 0 Å². The molecule has 0 heterocycles. The number of carboxylic acids is 1. The van der Waals surface area contributed by atoms with Crippen LogP contribution >= 0.6 is 11.6 Å². The zero-order chi connectivity index (χ0) is 18.5. The predicted octanol–water partition coefficient (Wildman–Crippen LogP) is 3.35. The van der Waals surface area contributed by atoms with E-state index >= 15 is 0 Å². The first kappa shape index (κ1) is 20.5. The molecule has 0 spiro atoms. The van der Waals surface area contributed by atoms with E-state index in [0.717, 1.165) is 17.6 Å². The van der Waals surface area contributed by atoms with E-state index in [1.54, 1.807) is 12.1 Å². The highest BCUT2D eigenvalue weighted by Gasteiger charge is 2.31. The summed E-state index contributed by atoms with van der Waals surface area (Å²) in [4.78, 5) is 23.5. The molecule has 0 fully saturated rings. The minimum atomic E-state index is -1.06. The molecule has 0 saturated heterocycles. The molecule has 0 bridgehead atoms. The normalized spacial score (nSPS) is 13.0. The lowest BCUT2D eigenvalue weighted by Crippen LogP contribution is -2.46. The number of carbonyl (C=O) groups is 2. The van der Waals surface area contributed by atoms with Crippen molar-refractivity contribution >= 4 is 23.4 Å². The summed E-state index contributed by atoms with van der Waals surface area (Å²) in [7, 11) is 4.21. The van der Waals surface area contributed by atoms with Crippen LogP contribution in [0.3, 0.4) is 0 Å². The van der Waals surface area contributed by atoms with Gasteiger partial charge >= 0.3 is 5.97 Å². The summed E-state index contributed by atoms with van der Waals surface area (Å²) in [5.74, 6) is -0.654. The standard InChI is InChI=1S/C18H26ClNO4/c1-6-20(4,5)10-15(12(2)3)18(23)14-8-7-13(9-16(14)19)24-11-17(21)22/h7-9,12,15H,6,10-11H2,1-5H3/p+1. The first-order chi connectivity index (χ1) is 11.1. The summed E-state index contributed by atoms with van der Waals surface area (Å²) in [6, 6.07) is 4.69. The molecule has 0 aliphatic heterocycles. The van der Waals surface area contributed by atoms with Gasteiger partial charge in [0.15, 0.2) is 12.4 Å². The summed E-state index contributed by atoms with van der Waals surface area (Å²) in [6.45, 7) is 7.41. The zero-order valence-electron chi connectivity index (χ0n) is 15.0. The minimum absolute atomic E-state index is 0.0134. The monoisotopic (exact) mass is 356 g/mol. The number of ether oxygens (including phenoxy) is 1. The Kier molecular flexibility index (Phi) is 7.24. The Balaban J connectivity index is 3.00. The van der Waals surface area contributed by atoms with Crippen molar-refractivity contribution in [3.05, 3.63) is 28.8 Å². The van der Waals surface area contributed by atoms with E-state index in [9.17, 15) is 9.59 Å². The molecular weight excluding hydrogens is 330 g/mol. The third-order valence-corrected chi connectivity index (χ3v) is 4.57. The Labute approximate surface area is 148 Å². The molecule has 0 aliphatic carbocycles. The Hall–Kier alpha value is -1.59. The molecule has 1 atom stereocenters. The van der Waals surface area contributed by atoms with Gasteiger partial charge in [-0.3, -0.25) is 4.79 Å². The lowest BCUT2D eigenvalue weighted by molar-refractivity contribution is -0.891. The number of aliphatic carboxylic acids is 1. The van der Waals surface area contributed by atoms with E-state index in [4.69, 9.17) is 21.4 Å². The van der Waals surface area contributed by atoms with Crippen LogP contribution < -0.4 is 4.74 Å². The predicted molar refractivity (Wildman–Crippen MR) is 94.8 cm³/mol. The fourth-order valence-corrected chi connectivity index (χ4v) is 2.65. The summed E-state index contributed by atoms with van der Waals surface area (Å²) in [5, 5.41) is 8.93. The van der Waals surface area contributed by atoms with E-state index in [1.807, 2.05) is 13.8 Å². The van der Waals surface area contributed by atoms with Crippen LogP contribution in [0.15, 0.2) is 18.2 Å². The van der Waals surface area contributed by atoms with Crippen molar-refractivity contribution in [3.63, 3.8) is 0 Å². The second kappa shape index (κ2) is 8.49. The van der Waals surface area contributed by atoms with Gasteiger partial charge in [-0.25, -0.2) is 4.79 Å². The van der Waals surface area contributed by atoms with Crippen LogP contribution in [0, 0.1) is 11.8 Å². The number of halogens is 1. The van der Waals surface area contributed by atoms with Crippen LogP contribution in [0.1, 0.15) is 31.1 Å². The maximum absolute atomic E-state index is 12.9. The largest absolute Gasteiger partial charge is 0.482 e. The number of carbonyl (C=O) groups excluding carboxylic acids is 1. The molecular formula is C18H27ClNO4+. The van der Waals surface area contributed by atoms with Crippen molar-refractivity contribution in [3.8, 4) is 5.75 Å². The number of nitrogens with zero attached hydrogens (tertiary/aromatic N) is 1. The molecule has 0 saturated carbocycles. The highest BCUT2D eigenvalue weighted by Crippen LogP contribution is 2.28. The van der Waals surface area contributed by atoms with Gasteiger partial charge in [0.2, 0.25) is 0 Å². The van der Waals surface area contributed by atoms with E-state index in [-0.39, 0.29) is 22.6 Å². The maximum Gasteiger partial charge on any atom is 0.341 e. The molecule has 0 aromatic heterocycles. The minimum Gasteiger partial charge on any atom is -0.482 e. The van der Waals surface area contributed by atoms with Crippen LogP contribution in [0.4, 0.5) is 0 Å². The van der Waals surface area contributed by atoms with Gasteiger partial charge in [-0.05, 0) is 31.0 Å². The number of Topliss-reactive ketones (excluding diaryl/α,β-unsaturated/α-hetero) is 1. The first-order valence-corrected chi connectivity index (χ1v) is 8.45. The Morgan fingerprint density at radius 3 is 2.38 bits per heavy atom. The number of benzene rings is 1. The van der Waals surface area contributed by atoms with Crippen molar-refractivity contribution in [1.29, 1.82) is 0 Å². The van der Waals surface area contributed by atoms with E-state index < -0.39 is 12.6 Å². The highest BCUT2D eigenvalue weighted by atomic mass is 35.5. The molecule has 0 radical (unpaired) electrons. The number of quaternary nitrogens is 1. The van der Waals surface area contributed by atoms with Gasteiger partial charge in [0.1, 0.15) is 5.75 Å². The molecule has 1 unspecified atom stereocenters. The average Bonchev–Trinajstić information content (AvgIpc) is 2.50. The maximum atomic E-state index is 12.9. The number of hydrogen-bond donors (Lipinski definition) is 1. The highest BCUT2D eigenvalue weighted by molar-refractivity contribution is 6.34. The molecule has 6 heteroatoms. The third-order valence-electron chi connectivity index (χ3n) is 4.26. The van der Waals surface area contributed by atoms with Crippen LogP contribution in [0.25, 0.3) is 0 Å². The lowest BCUT2D eigenvalue weighted by Gasteiger charge is -2.33. The number of hydrogen-bond acceptors (Lipinski definition) is 3. The molecule has 24 heavy (non-hydrogen) atoms. The Morgan fingerprint density at radius 2 is 1.92 bits per heavy atom. The van der Waals surface area contributed by atoms with Gasteiger partial charge in [0, 0.05) is 5.56 Å². The molecule has 5 nitrogen and oxygen atoms in total. The van der Waals surface area contributed by atoms with Gasteiger partial charge < -0.3 is 14.3 Å². The summed E-state index contributed by atoms with van der Waals surface area (Å²) >= 11 is 6.24. The van der Waals surface area contributed by atoms with Gasteiger partial charge in [-0.1, -0.05) is 25.4 Å². The van der Waals surface area contributed by atoms with Crippen molar-refractivity contribution in [1.82, 2.24) is 0 Å². The van der Waals surface area contributed by atoms with Crippen molar-refractivity contribution < 1.29 is 23.9 Å². The molecule has 1 aromatic carbocycles. The molecule has 134 valence electrons. The van der Waals surface area contributed by atoms with Gasteiger partial charge in [-0.2, -0.15) is 0 Å². The summed E-state index contributed by atoms with van der Waals surface area (Å²) < 4.78 is 5.85. The van der Waals surface area contributed by atoms with Crippen LogP contribution in [0.2, 0.25) is 5.02 Å². The lowest BCUT2D eigenvalue weighted by atomic mass is 9.87. The number of ketones is 1. The fraction of sp³-hybridized carbons (Fsp3) is 0.556. The van der Waals surface area contributed by atoms with Crippen LogP contribution in [-0.4, -0.2) is 55.1 Å². The Bertz CT molecular complexity index is 599. The summed E-state index contributed by atoms with van der Waals surface area (Å²) in [5.41, 5.74) is 0.453. The zero-order valence-corrected chi connectivity index (χ0v) is 15.8. The van der Waals surface area contributed by atoms with Crippen molar-refractivity contribution in [2.75, 3.05) is 33.8 Å². The van der Waals surface area contributed by atoms with E-state index in [2.05, 4.69) is 21.0 Å². The number of rotatable bonds is 9. The van der Waals surface area contributed by atoms with E-state index in [0.29, 0.717) is 11.3 Å². The van der Waals surface area contributed by atoms with Gasteiger partial charge in [0.05, 0.1) is 38.1 Å². The third kappa shape index (κ3) is 5.80. The van der Waals surface area contributed by atoms with E-state index in [1.165, 1.54) is 6.07 Å². The first-order valence-electron chi connectivity index (χ1n) is 8.07. The topological polar surface area (TPSA) is 63.6 Å². The van der Waals surface area contributed by atoms with Crippen molar-refractivity contribution in [2.24, 2.45) is 11.8 Å². The Morgan fingerprint density at radius 1 is 1.29 bits per heavy atom. The van der Waals surface area contributed by atoms with Gasteiger partial charge in [-0.15, -0.1) is 0 Å². The second-order valence-electron chi connectivity index (χ2n) is 6.97. The van der Waals surface area contributed by atoms with Crippen LogP contribution in [0.5, 0.6) is 5.75 Å².